The van der Waals surface area contributed by atoms with E-state index < -0.39 is 0 Å². The first kappa shape index (κ1) is 15.8. The molecular formula is C14H19ClN4O2. The number of rotatable bonds is 7. The fourth-order valence-electron chi connectivity index (χ4n) is 1.88. The van der Waals surface area contributed by atoms with Crippen molar-refractivity contribution in [2.24, 2.45) is 0 Å². The van der Waals surface area contributed by atoms with E-state index in [-0.39, 0.29) is 11.9 Å². The second kappa shape index (κ2) is 7.40. The first-order valence-electron chi connectivity index (χ1n) is 6.73. The Kier molecular flexibility index (Phi) is 5.55. The summed E-state index contributed by atoms with van der Waals surface area (Å²) in [6.07, 6.45) is 3.69. The van der Waals surface area contributed by atoms with E-state index in [0.717, 1.165) is 11.3 Å². The van der Waals surface area contributed by atoms with Crippen LogP contribution in [0.5, 0.6) is 0 Å². The van der Waals surface area contributed by atoms with Crippen LogP contribution in [0.2, 0.25) is 5.02 Å². The summed E-state index contributed by atoms with van der Waals surface area (Å²) in [4.78, 5) is 16.2. The third-order valence-electron chi connectivity index (χ3n) is 3.05. The average molecular weight is 311 g/mol. The topological polar surface area (TPSA) is 67.7 Å². The molecule has 0 aliphatic heterocycles. The van der Waals surface area contributed by atoms with Crippen molar-refractivity contribution in [3.8, 4) is 0 Å². The van der Waals surface area contributed by atoms with E-state index in [1.54, 1.807) is 19.4 Å². The van der Waals surface area contributed by atoms with Crippen LogP contribution in [0.1, 0.15) is 12.6 Å². The maximum Gasteiger partial charge on any atom is 0.236 e. The standard InChI is InChI=1S/C14H19ClN4O2/c1-10(14(20)16-5-6-21-2)17-7-12-9-19-8-11(15)3-4-13(19)18-12/h3-4,8-10,17H,5-7H2,1-2H3,(H,16,20). The molecule has 0 aromatic carbocycles. The van der Waals surface area contributed by atoms with Crippen molar-refractivity contribution in [2.45, 2.75) is 19.5 Å². The number of carbonyl (C=O) groups excluding carboxylic acids is 1. The van der Waals surface area contributed by atoms with E-state index in [4.69, 9.17) is 16.3 Å². The largest absolute Gasteiger partial charge is 0.383 e. The minimum absolute atomic E-state index is 0.0566. The number of hydrogen-bond donors (Lipinski definition) is 2. The number of nitrogens with zero attached hydrogens (tertiary/aromatic N) is 2. The van der Waals surface area contributed by atoms with Crippen molar-refractivity contribution in [1.82, 2.24) is 20.0 Å². The molecule has 0 bridgehead atoms. The molecule has 2 aromatic heterocycles. The summed E-state index contributed by atoms with van der Waals surface area (Å²) in [6, 6.07) is 3.36. The summed E-state index contributed by atoms with van der Waals surface area (Å²) in [7, 11) is 1.60. The fourth-order valence-corrected chi connectivity index (χ4v) is 2.05. The van der Waals surface area contributed by atoms with Crippen LogP contribution in [0.4, 0.5) is 0 Å². The molecule has 21 heavy (non-hydrogen) atoms. The van der Waals surface area contributed by atoms with Gasteiger partial charge in [0.2, 0.25) is 5.91 Å². The van der Waals surface area contributed by atoms with Crippen LogP contribution in [0.3, 0.4) is 0 Å². The Bertz CT molecular complexity index is 614. The van der Waals surface area contributed by atoms with E-state index in [1.807, 2.05) is 23.6 Å². The van der Waals surface area contributed by atoms with Crippen LogP contribution in [-0.2, 0) is 16.1 Å². The van der Waals surface area contributed by atoms with Gasteiger partial charge >= 0.3 is 0 Å². The number of fused-ring (bicyclic) bond motifs is 1. The van der Waals surface area contributed by atoms with Crippen LogP contribution in [-0.4, -0.2) is 41.6 Å². The van der Waals surface area contributed by atoms with E-state index >= 15 is 0 Å². The van der Waals surface area contributed by atoms with Crippen LogP contribution in [0, 0.1) is 0 Å². The van der Waals surface area contributed by atoms with Gasteiger partial charge in [-0.2, -0.15) is 0 Å². The number of imidazole rings is 1. The number of pyridine rings is 1. The van der Waals surface area contributed by atoms with Gasteiger partial charge in [-0.3, -0.25) is 4.79 Å². The predicted octanol–water partition coefficient (Wildman–Crippen LogP) is 1.23. The van der Waals surface area contributed by atoms with E-state index in [1.165, 1.54) is 0 Å². The fraction of sp³-hybridized carbons (Fsp3) is 0.429. The van der Waals surface area contributed by atoms with Gasteiger partial charge in [0.15, 0.2) is 0 Å². The van der Waals surface area contributed by atoms with Gasteiger partial charge in [-0.1, -0.05) is 11.6 Å². The lowest BCUT2D eigenvalue weighted by atomic mass is 10.3. The SMILES string of the molecule is COCCNC(=O)C(C)NCc1cn2cc(Cl)ccc2n1. The van der Waals surface area contributed by atoms with Gasteiger partial charge < -0.3 is 19.8 Å². The first-order chi connectivity index (χ1) is 10.1. The quantitative estimate of drug-likeness (QED) is 0.755. The summed E-state index contributed by atoms with van der Waals surface area (Å²) in [5.41, 5.74) is 1.68. The minimum atomic E-state index is -0.296. The number of aromatic nitrogens is 2. The number of halogens is 1. The van der Waals surface area contributed by atoms with Crippen molar-refractivity contribution in [3.05, 3.63) is 35.2 Å². The predicted molar refractivity (Wildman–Crippen MR) is 81.4 cm³/mol. The summed E-state index contributed by atoms with van der Waals surface area (Å²) >= 11 is 5.93. The minimum Gasteiger partial charge on any atom is -0.383 e. The Labute approximate surface area is 128 Å². The van der Waals surface area contributed by atoms with Crippen molar-refractivity contribution < 1.29 is 9.53 Å². The van der Waals surface area contributed by atoms with E-state index in [9.17, 15) is 4.79 Å². The molecule has 1 atom stereocenters. The maximum absolute atomic E-state index is 11.8. The van der Waals surface area contributed by atoms with Crippen LogP contribution in [0.25, 0.3) is 5.65 Å². The van der Waals surface area contributed by atoms with Crippen molar-refractivity contribution >= 4 is 23.2 Å². The number of methoxy groups -OCH3 is 1. The van der Waals surface area contributed by atoms with E-state index in [2.05, 4.69) is 15.6 Å². The molecule has 0 aliphatic rings. The molecule has 7 heteroatoms. The molecule has 0 saturated heterocycles. The molecule has 114 valence electrons. The number of amides is 1. The number of hydrogen-bond acceptors (Lipinski definition) is 4. The lowest BCUT2D eigenvalue weighted by Crippen LogP contribution is -2.42. The van der Waals surface area contributed by atoms with Gasteiger partial charge in [-0.15, -0.1) is 0 Å². The third-order valence-corrected chi connectivity index (χ3v) is 3.28. The molecule has 6 nitrogen and oxygen atoms in total. The van der Waals surface area contributed by atoms with Gasteiger partial charge in [-0.25, -0.2) is 4.98 Å². The van der Waals surface area contributed by atoms with Gasteiger partial charge in [0.05, 0.1) is 23.4 Å². The molecule has 0 radical (unpaired) electrons. The number of nitrogens with one attached hydrogen (secondary N) is 2. The summed E-state index contributed by atoms with van der Waals surface area (Å²) in [6.45, 7) is 3.34. The Hall–Kier alpha value is -1.63. The Morgan fingerprint density at radius 2 is 2.29 bits per heavy atom. The molecule has 0 spiro atoms. The highest BCUT2D eigenvalue weighted by molar-refractivity contribution is 6.30. The molecule has 2 heterocycles. The third kappa shape index (κ3) is 4.42. The molecule has 0 fully saturated rings. The molecule has 1 unspecified atom stereocenters. The average Bonchev–Trinajstić information content (AvgIpc) is 2.86. The lowest BCUT2D eigenvalue weighted by Gasteiger charge is -2.12. The molecule has 2 N–H and O–H groups in total. The van der Waals surface area contributed by atoms with Gasteiger partial charge in [-0.05, 0) is 19.1 Å². The monoisotopic (exact) mass is 310 g/mol. The number of carbonyl (C=O) groups is 1. The van der Waals surface area contributed by atoms with Gasteiger partial charge in [0.1, 0.15) is 5.65 Å². The highest BCUT2D eigenvalue weighted by Gasteiger charge is 2.12. The van der Waals surface area contributed by atoms with E-state index in [0.29, 0.717) is 24.7 Å². The van der Waals surface area contributed by atoms with Gasteiger partial charge in [0, 0.05) is 32.6 Å². The van der Waals surface area contributed by atoms with Crippen LogP contribution in [0.15, 0.2) is 24.5 Å². The zero-order valence-electron chi connectivity index (χ0n) is 12.1. The zero-order valence-corrected chi connectivity index (χ0v) is 12.9. The van der Waals surface area contributed by atoms with Gasteiger partial charge in [0.25, 0.3) is 0 Å². The summed E-state index contributed by atoms with van der Waals surface area (Å²) in [5.74, 6) is -0.0566. The van der Waals surface area contributed by atoms with Crippen molar-refractivity contribution in [3.63, 3.8) is 0 Å². The molecule has 2 rings (SSSR count). The number of ether oxygens (including phenoxy) is 1. The van der Waals surface area contributed by atoms with Crippen LogP contribution < -0.4 is 10.6 Å². The Morgan fingerprint density at radius 3 is 3.05 bits per heavy atom. The van der Waals surface area contributed by atoms with Crippen molar-refractivity contribution in [2.75, 3.05) is 20.3 Å². The second-order valence-corrected chi connectivity index (χ2v) is 5.17. The molecule has 0 saturated carbocycles. The summed E-state index contributed by atoms with van der Waals surface area (Å²) < 4.78 is 6.75. The highest BCUT2D eigenvalue weighted by Crippen LogP contribution is 2.11. The normalized spacial score (nSPS) is 12.5. The van der Waals surface area contributed by atoms with Crippen LogP contribution >= 0.6 is 11.6 Å². The Morgan fingerprint density at radius 1 is 1.48 bits per heavy atom. The lowest BCUT2D eigenvalue weighted by molar-refractivity contribution is -0.122. The first-order valence-corrected chi connectivity index (χ1v) is 7.11. The summed E-state index contributed by atoms with van der Waals surface area (Å²) in [5, 5.41) is 6.58. The molecule has 2 aromatic rings. The van der Waals surface area contributed by atoms with Crippen molar-refractivity contribution in [1.29, 1.82) is 0 Å². The maximum atomic E-state index is 11.8. The molecular weight excluding hydrogens is 292 g/mol. The smallest absolute Gasteiger partial charge is 0.236 e. The zero-order chi connectivity index (χ0) is 15.2. The molecule has 1 amide bonds. The highest BCUT2D eigenvalue weighted by atomic mass is 35.5. The Balaban J connectivity index is 1.87. The molecule has 0 aliphatic carbocycles. The second-order valence-electron chi connectivity index (χ2n) is 4.73.